The van der Waals surface area contributed by atoms with Crippen LogP contribution in [0.25, 0.3) is 0 Å². The molecule has 0 radical (unpaired) electrons. The van der Waals surface area contributed by atoms with Crippen molar-refractivity contribution in [3.8, 4) is 0 Å². The molecule has 1 aromatic carbocycles. The first-order valence-electron chi connectivity index (χ1n) is 3.80. The molecular formula is C9H8Br2F2O. The van der Waals surface area contributed by atoms with Gasteiger partial charge in [-0.05, 0) is 40.5 Å². The van der Waals surface area contributed by atoms with Crippen molar-refractivity contribution in [1.82, 2.24) is 0 Å². The zero-order valence-electron chi connectivity index (χ0n) is 7.27. The number of alkyl halides is 3. The Labute approximate surface area is 97.4 Å². The Hall–Kier alpha value is -0.000000000000000111. The predicted octanol–water partition coefficient (Wildman–Crippen LogP) is 3.64. The minimum absolute atomic E-state index is 0.155. The van der Waals surface area contributed by atoms with E-state index in [1.54, 1.807) is 12.1 Å². The molecule has 0 aromatic heterocycles. The molecule has 0 bridgehead atoms. The Bertz CT molecular complexity index is 317. The maximum atomic E-state index is 12.9. The SMILES string of the molecule is CC(O)(c1ccc(Br)cc1)C(F)(F)Br. The van der Waals surface area contributed by atoms with Crippen molar-refractivity contribution in [3.05, 3.63) is 34.3 Å². The molecule has 78 valence electrons. The number of benzene rings is 1. The molecule has 1 rings (SSSR count). The van der Waals surface area contributed by atoms with Gasteiger partial charge in [0.1, 0.15) is 0 Å². The van der Waals surface area contributed by atoms with E-state index < -0.39 is 10.4 Å². The van der Waals surface area contributed by atoms with E-state index in [1.807, 2.05) is 0 Å². The van der Waals surface area contributed by atoms with Crippen LogP contribution in [0.15, 0.2) is 28.7 Å². The van der Waals surface area contributed by atoms with Gasteiger partial charge in [0.15, 0.2) is 5.60 Å². The van der Waals surface area contributed by atoms with Gasteiger partial charge in [0, 0.05) is 4.47 Å². The normalized spacial score (nSPS) is 16.4. The van der Waals surface area contributed by atoms with E-state index >= 15 is 0 Å². The number of hydrogen-bond acceptors (Lipinski definition) is 1. The smallest absolute Gasteiger partial charge is 0.333 e. The summed E-state index contributed by atoms with van der Waals surface area (Å²) in [6.45, 7) is 1.06. The third-order valence-corrected chi connectivity index (χ3v) is 3.26. The Morgan fingerprint density at radius 3 is 2.00 bits per heavy atom. The molecule has 1 unspecified atom stereocenters. The van der Waals surface area contributed by atoms with Gasteiger partial charge in [0.25, 0.3) is 0 Å². The molecule has 0 spiro atoms. The van der Waals surface area contributed by atoms with Crippen LogP contribution < -0.4 is 0 Å². The Balaban J connectivity index is 3.10. The van der Waals surface area contributed by atoms with Gasteiger partial charge in [0.05, 0.1) is 0 Å². The highest BCUT2D eigenvalue weighted by Crippen LogP contribution is 2.41. The summed E-state index contributed by atoms with van der Waals surface area (Å²) in [5.41, 5.74) is -2.06. The van der Waals surface area contributed by atoms with Crippen LogP contribution in [0.2, 0.25) is 0 Å². The van der Waals surface area contributed by atoms with Crippen molar-refractivity contribution in [2.45, 2.75) is 17.4 Å². The summed E-state index contributed by atoms with van der Waals surface area (Å²) in [4.78, 5) is -3.35. The van der Waals surface area contributed by atoms with Gasteiger partial charge >= 0.3 is 4.83 Å². The lowest BCUT2D eigenvalue weighted by molar-refractivity contribution is -0.109. The van der Waals surface area contributed by atoms with Crippen molar-refractivity contribution in [2.75, 3.05) is 0 Å². The van der Waals surface area contributed by atoms with Crippen molar-refractivity contribution in [3.63, 3.8) is 0 Å². The average Bonchev–Trinajstić information content (AvgIpc) is 2.03. The molecule has 0 aliphatic heterocycles. The van der Waals surface area contributed by atoms with E-state index in [-0.39, 0.29) is 5.56 Å². The summed E-state index contributed by atoms with van der Waals surface area (Å²) >= 11 is 5.34. The van der Waals surface area contributed by atoms with Crippen LogP contribution in [0, 0.1) is 0 Å². The third-order valence-electron chi connectivity index (χ3n) is 1.96. The van der Waals surface area contributed by atoms with E-state index in [0.717, 1.165) is 11.4 Å². The molecule has 0 aliphatic rings. The fourth-order valence-electron chi connectivity index (χ4n) is 0.938. The summed E-state index contributed by atoms with van der Waals surface area (Å²) in [5.74, 6) is 0. The number of rotatable bonds is 2. The fraction of sp³-hybridized carbons (Fsp3) is 0.333. The van der Waals surface area contributed by atoms with Gasteiger partial charge in [0.2, 0.25) is 0 Å². The second-order valence-electron chi connectivity index (χ2n) is 3.08. The van der Waals surface area contributed by atoms with Crippen molar-refractivity contribution in [2.24, 2.45) is 0 Å². The summed E-state index contributed by atoms with van der Waals surface area (Å²) in [7, 11) is 0. The van der Waals surface area contributed by atoms with E-state index in [4.69, 9.17) is 0 Å². The van der Waals surface area contributed by atoms with Crippen LogP contribution in [-0.2, 0) is 5.60 Å². The second-order valence-corrected chi connectivity index (χ2v) is 4.99. The van der Waals surface area contributed by atoms with Gasteiger partial charge in [-0.3, -0.25) is 0 Å². The van der Waals surface area contributed by atoms with Gasteiger partial charge in [-0.15, -0.1) is 0 Å². The van der Waals surface area contributed by atoms with Gasteiger partial charge < -0.3 is 5.11 Å². The second kappa shape index (κ2) is 3.87. The highest BCUT2D eigenvalue weighted by Gasteiger charge is 2.47. The van der Waals surface area contributed by atoms with Crippen LogP contribution in [0.5, 0.6) is 0 Å². The minimum atomic E-state index is -3.35. The molecular weight excluding hydrogens is 322 g/mol. The topological polar surface area (TPSA) is 20.2 Å². The standard InChI is InChI=1S/C9H8Br2F2O/c1-8(14,9(11,12)13)6-2-4-7(10)5-3-6/h2-5,14H,1H3. The molecule has 0 saturated carbocycles. The molecule has 1 aromatic rings. The molecule has 14 heavy (non-hydrogen) atoms. The number of halogens is 4. The summed E-state index contributed by atoms with van der Waals surface area (Å²) in [6.07, 6.45) is 0. The highest BCUT2D eigenvalue weighted by atomic mass is 79.9. The molecule has 0 amide bonds. The van der Waals surface area contributed by atoms with Crippen molar-refractivity contribution in [1.29, 1.82) is 0 Å². The molecule has 5 heteroatoms. The zero-order chi connectivity index (χ0) is 11.0. The lowest BCUT2D eigenvalue weighted by Gasteiger charge is -2.28. The first-order valence-corrected chi connectivity index (χ1v) is 5.39. The first kappa shape index (κ1) is 12.1. The van der Waals surface area contributed by atoms with E-state index in [0.29, 0.717) is 0 Å². The van der Waals surface area contributed by atoms with E-state index in [1.165, 1.54) is 12.1 Å². The summed E-state index contributed by atoms with van der Waals surface area (Å²) in [6, 6.07) is 6.09. The molecule has 0 saturated heterocycles. The molecule has 1 N–H and O–H groups in total. The van der Waals surface area contributed by atoms with Crippen LogP contribution in [0.1, 0.15) is 12.5 Å². The maximum absolute atomic E-state index is 12.9. The van der Waals surface area contributed by atoms with Crippen molar-refractivity contribution >= 4 is 31.9 Å². The monoisotopic (exact) mass is 328 g/mol. The predicted molar refractivity (Wildman–Crippen MR) is 57.6 cm³/mol. The molecule has 0 aliphatic carbocycles. The van der Waals surface area contributed by atoms with Gasteiger partial charge in [-0.25, -0.2) is 0 Å². The lowest BCUT2D eigenvalue weighted by atomic mass is 9.97. The quantitative estimate of drug-likeness (QED) is 0.821. The molecule has 1 atom stereocenters. The maximum Gasteiger partial charge on any atom is 0.333 e. The molecule has 0 fully saturated rings. The summed E-state index contributed by atoms with van der Waals surface area (Å²) < 4.78 is 26.7. The Morgan fingerprint density at radius 1 is 1.21 bits per heavy atom. The van der Waals surface area contributed by atoms with E-state index in [2.05, 4.69) is 31.9 Å². The van der Waals surface area contributed by atoms with Gasteiger partial charge in [-0.1, -0.05) is 28.1 Å². The number of hydrogen-bond donors (Lipinski definition) is 1. The summed E-state index contributed by atoms with van der Waals surface area (Å²) in [5, 5.41) is 9.60. The van der Waals surface area contributed by atoms with Crippen molar-refractivity contribution < 1.29 is 13.9 Å². The Morgan fingerprint density at radius 2 is 1.64 bits per heavy atom. The highest BCUT2D eigenvalue weighted by molar-refractivity contribution is 9.10. The van der Waals surface area contributed by atoms with Gasteiger partial charge in [-0.2, -0.15) is 8.78 Å². The minimum Gasteiger partial charge on any atom is -0.378 e. The fourth-order valence-corrected chi connectivity index (χ4v) is 1.43. The average molecular weight is 330 g/mol. The van der Waals surface area contributed by atoms with Crippen LogP contribution >= 0.6 is 31.9 Å². The van der Waals surface area contributed by atoms with E-state index in [9.17, 15) is 13.9 Å². The largest absolute Gasteiger partial charge is 0.378 e. The zero-order valence-corrected chi connectivity index (χ0v) is 10.4. The number of aliphatic hydroxyl groups is 1. The third kappa shape index (κ3) is 2.32. The van der Waals surface area contributed by atoms with Crippen LogP contribution in [0.3, 0.4) is 0 Å². The molecule has 1 nitrogen and oxygen atoms in total. The lowest BCUT2D eigenvalue weighted by Crippen LogP contribution is -2.37. The van der Waals surface area contributed by atoms with Crippen LogP contribution in [0.4, 0.5) is 8.78 Å². The molecule has 0 heterocycles. The Kier molecular flexibility index (Phi) is 3.33. The first-order chi connectivity index (χ1) is 6.25. The van der Waals surface area contributed by atoms with Crippen LogP contribution in [-0.4, -0.2) is 9.94 Å².